The lowest BCUT2D eigenvalue weighted by molar-refractivity contribution is 0.0731. The molecule has 1 aliphatic carbocycles. The fourth-order valence-corrected chi connectivity index (χ4v) is 3.76. The fraction of sp³-hybridized carbons (Fsp3) is 0.786. The molecule has 126 valence electrons. The van der Waals surface area contributed by atoms with Gasteiger partial charge in [-0.05, 0) is 19.8 Å². The standard InChI is InChI=1S/C14H26N4O3S/c1-2-15-14(17-13-5-3-4-6-13)16-7-12-22(19,20)18-8-10-21-11-9-18/h3-4,13H,2,5-12H2,1H3,(H2,15,16,17). The van der Waals surface area contributed by atoms with E-state index in [-0.39, 0.29) is 12.3 Å². The van der Waals surface area contributed by atoms with Crippen molar-refractivity contribution >= 4 is 16.0 Å². The quantitative estimate of drug-likeness (QED) is 0.404. The van der Waals surface area contributed by atoms with Gasteiger partial charge in [0.1, 0.15) is 0 Å². The Kier molecular flexibility index (Phi) is 6.66. The molecule has 0 aromatic rings. The molecule has 0 radical (unpaired) electrons. The predicted molar refractivity (Wildman–Crippen MR) is 87.5 cm³/mol. The van der Waals surface area contributed by atoms with E-state index in [9.17, 15) is 8.42 Å². The lowest BCUT2D eigenvalue weighted by atomic mass is 10.2. The van der Waals surface area contributed by atoms with Crippen molar-refractivity contribution < 1.29 is 13.2 Å². The molecule has 0 atom stereocenters. The van der Waals surface area contributed by atoms with Gasteiger partial charge in [-0.15, -0.1) is 0 Å². The Morgan fingerprint density at radius 2 is 2.00 bits per heavy atom. The predicted octanol–water partition coefficient (Wildman–Crippen LogP) is -0.0779. The normalized spacial score (nSPS) is 21.2. The zero-order valence-electron chi connectivity index (χ0n) is 13.1. The van der Waals surface area contributed by atoms with Gasteiger partial charge in [0.05, 0.1) is 25.5 Å². The first-order valence-electron chi connectivity index (χ1n) is 7.87. The first-order chi connectivity index (χ1) is 10.6. The molecule has 0 saturated carbocycles. The number of nitrogens with zero attached hydrogens (tertiary/aromatic N) is 2. The summed E-state index contributed by atoms with van der Waals surface area (Å²) in [6.07, 6.45) is 6.25. The van der Waals surface area contributed by atoms with E-state index in [1.807, 2.05) is 6.92 Å². The van der Waals surface area contributed by atoms with Crippen LogP contribution in [0.5, 0.6) is 0 Å². The van der Waals surface area contributed by atoms with E-state index in [0.29, 0.717) is 38.3 Å². The van der Waals surface area contributed by atoms with Gasteiger partial charge in [0.2, 0.25) is 10.0 Å². The number of nitrogens with one attached hydrogen (secondary N) is 2. The Bertz CT molecular complexity index is 490. The van der Waals surface area contributed by atoms with Crippen molar-refractivity contribution in [3.05, 3.63) is 12.2 Å². The Hall–Kier alpha value is -1.12. The van der Waals surface area contributed by atoms with Crippen molar-refractivity contribution in [3.63, 3.8) is 0 Å². The van der Waals surface area contributed by atoms with Gasteiger partial charge < -0.3 is 15.4 Å². The SMILES string of the molecule is CCNC(=NCCS(=O)(=O)N1CCOCC1)NC1CC=CC1. The molecule has 0 unspecified atom stereocenters. The zero-order valence-corrected chi connectivity index (χ0v) is 13.9. The Balaban J connectivity index is 1.83. The topological polar surface area (TPSA) is 83.0 Å². The molecule has 2 aliphatic rings. The molecule has 7 nitrogen and oxygen atoms in total. The maximum atomic E-state index is 12.2. The molecule has 0 aromatic carbocycles. The van der Waals surface area contributed by atoms with E-state index in [1.54, 1.807) is 0 Å². The highest BCUT2D eigenvalue weighted by atomic mass is 32.2. The van der Waals surface area contributed by atoms with E-state index < -0.39 is 10.0 Å². The number of sulfonamides is 1. The van der Waals surface area contributed by atoms with E-state index in [4.69, 9.17) is 4.74 Å². The summed E-state index contributed by atoms with van der Waals surface area (Å²) in [5.74, 6) is 0.723. The van der Waals surface area contributed by atoms with Gasteiger partial charge in [-0.2, -0.15) is 4.31 Å². The second kappa shape index (κ2) is 8.50. The summed E-state index contributed by atoms with van der Waals surface area (Å²) in [6, 6.07) is 0.355. The molecule has 1 aliphatic heterocycles. The first kappa shape index (κ1) is 17.2. The van der Waals surface area contributed by atoms with Gasteiger partial charge in [0.25, 0.3) is 0 Å². The van der Waals surface area contributed by atoms with Crippen molar-refractivity contribution in [2.24, 2.45) is 4.99 Å². The van der Waals surface area contributed by atoms with Crippen molar-refractivity contribution in [1.82, 2.24) is 14.9 Å². The summed E-state index contributed by atoms with van der Waals surface area (Å²) in [7, 11) is -3.24. The summed E-state index contributed by atoms with van der Waals surface area (Å²) in [5.41, 5.74) is 0. The van der Waals surface area contributed by atoms with Crippen LogP contribution < -0.4 is 10.6 Å². The molecule has 0 amide bonds. The Labute approximate surface area is 132 Å². The minimum absolute atomic E-state index is 0.0342. The molecular weight excluding hydrogens is 304 g/mol. The largest absolute Gasteiger partial charge is 0.379 e. The molecule has 2 N–H and O–H groups in total. The minimum atomic E-state index is -3.24. The molecular formula is C14H26N4O3S. The summed E-state index contributed by atoms with van der Waals surface area (Å²) >= 11 is 0. The third-order valence-corrected chi connectivity index (χ3v) is 5.53. The number of hydrogen-bond donors (Lipinski definition) is 2. The van der Waals surface area contributed by atoms with Gasteiger partial charge in [-0.3, -0.25) is 4.99 Å². The molecule has 0 spiro atoms. The highest BCUT2D eigenvalue weighted by molar-refractivity contribution is 7.89. The van der Waals surface area contributed by atoms with Gasteiger partial charge >= 0.3 is 0 Å². The lowest BCUT2D eigenvalue weighted by Gasteiger charge is -2.25. The van der Waals surface area contributed by atoms with Crippen LogP contribution in [0.3, 0.4) is 0 Å². The van der Waals surface area contributed by atoms with Gasteiger partial charge in [-0.25, -0.2) is 8.42 Å². The smallest absolute Gasteiger partial charge is 0.216 e. The van der Waals surface area contributed by atoms with Crippen molar-refractivity contribution in [1.29, 1.82) is 0 Å². The number of morpholine rings is 1. The first-order valence-corrected chi connectivity index (χ1v) is 9.48. The Morgan fingerprint density at radius 3 is 2.64 bits per heavy atom. The van der Waals surface area contributed by atoms with Crippen LogP contribution >= 0.6 is 0 Å². The van der Waals surface area contributed by atoms with Gasteiger partial charge in [-0.1, -0.05) is 12.2 Å². The molecule has 22 heavy (non-hydrogen) atoms. The number of rotatable bonds is 6. The summed E-state index contributed by atoms with van der Waals surface area (Å²) < 4.78 is 31.1. The fourth-order valence-electron chi connectivity index (χ4n) is 2.48. The number of guanidine groups is 1. The molecule has 1 heterocycles. The lowest BCUT2D eigenvalue weighted by Crippen LogP contribution is -2.44. The maximum Gasteiger partial charge on any atom is 0.216 e. The van der Waals surface area contributed by atoms with E-state index in [2.05, 4.69) is 27.8 Å². The van der Waals surface area contributed by atoms with Crippen LogP contribution in [0.1, 0.15) is 19.8 Å². The third kappa shape index (κ3) is 5.26. The molecule has 0 aromatic heterocycles. The Morgan fingerprint density at radius 1 is 1.32 bits per heavy atom. The number of ether oxygens (including phenoxy) is 1. The van der Waals surface area contributed by atoms with Crippen LogP contribution in [-0.4, -0.2) is 69.9 Å². The number of hydrogen-bond acceptors (Lipinski definition) is 4. The summed E-state index contributed by atoms with van der Waals surface area (Å²) in [4.78, 5) is 4.39. The molecule has 2 rings (SSSR count). The highest BCUT2D eigenvalue weighted by Crippen LogP contribution is 2.09. The monoisotopic (exact) mass is 330 g/mol. The van der Waals surface area contributed by atoms with E-state index >= 15 is 0 Å². The number of aliphatic imine (C=N–C) groups is 1. The second-order valence-corrected chi connectivity index (χ2v) is 7.46. The molecule has 1 fully saturated rings. The van der Waals surface area contributed by atoms with Crippen LogP contribution in [0.4, 0.5) is 0 Å². The summed E-state index contributed by atoms with van der Waals surface area (Å²) in [5, 5.41) is 6.49. The van der Waals surface area contributed by atoms with E-state index in [1.165, 1.54) is 4.31 Å². The average Bonchev–Trinajstić information content (AvgIpc) is 3.01. The van der Waals surface area contributed by atoms with Crippen molar-refractivity contribution in [2.75, 3.05) is 45.1 Å². The molecule has 1 saturated heterocycles. The minimum Gasteiger partial charge on any atom is -0.379 e. The van der Waals surface area contributed by atoms with Crippen molar-refractivity contribution in [2.45, 2.75) is 25.8 Å². The van der Waals surface area contributed by atoms with Gasteiger partial charge in [0, 0.05) is 25.7 Å². The van der Waals surface area contributed by atoms with Crippen LogP contribution in [0.15, 0.2) is 17.1 Å². The zero-order chi connectivity index (χ0) is 15.8. The maximum absolute atomic E-state index is 12.2. The van der Waals surface area contributed by atoms with Crippen LogP contribution in [0.2, 0.25) is 0 Å². The van der Waals surface area contributed by atoms with E-state index in [0.717, 1.165) is 19.4 Å². The second-order valence-electron chi connectivity index (χ2n) is 5.37. The van der Waals surface area contributed by atoms with Gasteiger partial charge in [0.15, 0.2) is 5.96 Å². The molecule has 0 bridgehead atoms. The van der Waals surface area contributed by atoms with Crippen LogP contribution in [-0.2, 0) is 14.8 Å². The molecule has 8 heteroatoms. The third-order valence-electron chi connectivity index (χ3n) is 3.68. The van der Waals surface area contributed by atoms with Crippen LogP contribution in [0.25, 0.3) is 0 Å². The van der Waals surface area contributed by atoms with Crippen LogP contribution in [0, 0.1) is 0 Å². The summed E-state index contributed by atoms with van der Waals surface area (Å²) in [6.45, 7) is 4.84. The van der Waals surface area contributed by atoms with Crippen molar-refractivity contribution in [3.8, 4) is 0 Å². The highest BCUT2D eigenvalue weighted by Gasteiger charge is 2.23. The average molecular weight is 330 g/mol.